The number of hydrogen-bond acceptors (Lipinski definition) is 2. The Hall–Kier alpha value is -1.03. The van der Waals surface area contributed by atoms with Crippen LogP contribution in [0.1, 0.15) is 30.7 Å². The minimum atomic E-state index is 0.454. The maximum atomic E-state index is 4.20. The van der Waals surface area contributed by atoms with Crippen molar-refractivity contribution in [2.75, 3.05) is 7.05 Å². The summed E-state index contributed by atoms with van der Waals surface area (Å²) in [5.74, 6) is 0.877. The van der Waals surface area contributed by atoms with Crippen LogP contribution in [0.5, 0.6) is 0 Å². The van der Waals surface area contributed by atoms with Crippen molar-refractivity contribution in [3.8, 4) is 0 Å². The Morgan fingerprint density at radius 3 is 2.81 bits per heavy atom. The second kappa shape index (κ2) is 6.53. The topological polar surface area (TPSA) is 36.4 Å². The SMILES string of the molecule is CCC(C)NC(=NC)NCc1sccc1C. The van der Waals surface area contributed by atoms with Gasteiger partial charge in [0.15, 0.2) is 5.96 Å². The maximum absolute atomic E-state index is 4.20. The first kappa shape index (κ1) is 13.0. The Labute approximate surface area is 102 Å². The van der Waals surface area contributed by atoms with E-state index in [0.717, 1.165) is 18.9 Å². The Kier molecular flexibility index (Phi) is 5.32. The van der Waals surface area contributed by atoms with E-state index < -0.39 is 0 Å². The summed E-state index contributed by atoms with van der Waals surface area (Å²) >= 11 is 1.78. The van der Waals surface area contributed by atoms with Crippen molar-refractivity contribution in [2.24, 2.45) is 4.99 Å². The standard InChI is InChI=1S/C12H21N3S/c1-5-10(3)15-12(13-4)14-8-11-9(2)6-7-16-11/h6-7,10H,5,8H2,1-4H3,(H2,13,14,15). The molecule has 0 aliphatic rings. The summed E-state index contributed by atoms with van der Waals surface area (Å²) in [5.41, 5.74) is 1.34. The van der Waals surface area contributed by atoms with Gasteiger partial charge in [0, 0.05) is 18.0 Å². The summed E-state index contributed by atoms with van der Waals surface area (Å²) in [5, 5.41) is 8.79. The van der Waals surface area contributed by atoms with Crippen molar-refractivity contribution in [1.82, 2.24) is 10.6 Å². The highest BCUT2D eigenvalue weighted by Crippen LogP contribution is 2.14. The Bertz CT molecular complexity index is 344. The Morgan fingerprint density at radius 1 is 1.56 bits per heavy atom. The second-order valence-corrected chi connectivity index (χ2v) is 4.91. The van der Waals surface area contributed by atoms with Gasteiger partial charge in [-0.25, -0.2) is 0 Å². The molecule has 3 nitrogen and oxygen atoms in total. The first-order chi connectivity index (χ1) is 7.67. The zero-order chi connectivity index (χ0) is 12.0. The normalized spacial score (nSPS) is 13.6. The predicted molar refractivity (Wildman–Crippen MR) is 72.1 cm³/mol. The van der Waals surface area contributed by atoms with Gasteiger partial charge in [-0.2, -0.15) is 0 Å². The minimum Gasteiger partial charge on any atom is -0.354 e. The van der Waals surface area contributed by atoms with Crippen molar-refractivity contribution in [2.45, 2.75) is 39.8 Å². The quantitative estimate of drug-likeness (QED) is 0.626. The van der Waals surface area contributed by atoms with E-state index in [-0.39, 0.29) is 0 Å². The van der Waals surface area contributed by atoms with E-state index in [0.29, 0.717) is 6.04 Å². The largest absolute Gasteiger partial charge is 0.354 e. The first-order valence-corrected chi connectivity index (χ1v) is 6.55. The zero-order valence-corrected chi connectivity index (χ0v) is 11.3. The molecule has 0 saturated heterocycles. The van der Waals surface area contributed by atoms with Crippen LogP contribution in [-0.2, 0) is 6.54 Å². The van der Waals surface area contributed by atoms with Gasteiger partial charge in [0.05, 0.1) is 6.54 Å². The summed E-state index contributed by atoms with van der Waals surface area (Å²) < 4.78 is 0. The van der Waals surface area contributed by atoms with Crippen LogP contribution in [0, 0.1) is 6.92 Å². The molecule has 0 amide bonds. The molecule has 4 heteroatoms. The van der Waals surface area contributed by atoms with Gasteiger partial charge >= 0.3 is 0 Å². The molecule has 16 heavy (non-hydrogen) atoms. The van der Waals surface area contributed by atoms with E-state index in [1.165, 1.54) is 10.4 Å². The molecule has 90 valence electrons. The molecule has 1 heterocycles. The van der Waals surface area contributed by atoms with Crippen molar-refractivity contribution >= 4 is 17.3 Å². The lowest BCUT2D eigenvalue weighted by Gasteiger charge is -2.16. The first-order valence-electron chi connectivity index (χ1n) is 5.67. The zero-order valence-electron chi connectivity index (χ0n) is 10.5. The van der Waals surface area contributed by atoms with Crippen molar-refractivity contribution < 1.29 is 0 Å². The molecule has 0 aromatic carbocycles. The van der Waals surface area contributed by atoms with Gasteiger partial charge in [-0.15, -0.1) is 11.3 Å². The molecule has 0 radical (unpaired) electrons. The maximum Gasteiger partial charge on any atom is 0.191 e. The predicted octanol–water partition coefficient (Wildman–Crippen LogP) is 2.52. The van der Waals surface area contributed by atoms with Crippen LogP contribution in [0.2, 0.25) is 0 Å². The summed E-state index contributed by atoms with van der Waals surface area (Å²) in [6.45, 7) is 7.30. The molecule has 0 aliphatic heterocycles. The number of guanidine groups is 1. The molecule has 0 fully saturated rings. The van der Waals surface area contributed by atoms with E-state index in [1.54, 1.807) is 18.4 Å². The number of aliphatic imine (C=N–C) groups is 1. The fourth-order valence-corrected chi connectivity index (χ4v) is 2.13. The molecule has 1 rings (SSSR count). The van der Waals surface area contributed by atoms with Gasteiger partial charge in [-0.05, 0) is 37.3 Å². The van der Waals surface area contributed by atoms with E-state index in [4.69, 9.17) is 0 Å². The molecular weight excluding hydrogens is 218 g/mol. The number of nitrogens with one attached hydrogen (secondary N) is 2. The van der Waals surface area contributed by atoms with Crippen LogP contribution in [0.4, 0.5) is 0 Å². The van der Waals surface area contributed by atoms with Crippen LogP contribution >= 0.6 is 11.3 Å². The van der Waals surface area contributed by atoms with E-state index in [1.807, 2.05) is 0 Å². The smallest absolute Gasteiger partial charge is 0.191 e. The van der Waals surface area contributed by atoms with Gasteiger partial charge in [0.1, 0.15) is 0 Å². The monoisotopic (exact) mass is 239 g/mol. The number of rotatable bonds is 4. The van der Waals surface area contributed by atoms with Crippen molar-refractivity contribution in [3.05, 3.63) is 21.9 Å². The lowest BCUT2D eigenvalue weighted by Crippen LogP contribution is -2.41. The Balaban J connectivity index is 2.44. The van der Waals surface area contributed by atoms with Crippen molar-refractivity contribution in [1.29, 1.82) is 0 Å². The molecule has 1 unspecified atom stereocenters. The van der Waals surface area contributed by atoms with Gasteiger partial charge in [-0.1, -0.05) is 6.92 Å². The summed E-state index contributed by atoms with van der Waals surface area (Å²) in [6, 6.07) is 2.60. The second-order valence-electron chi connectivity index (χ2n) is 3.91. The number of aryl methyl sites for hydroxylation is 1. The molecule has 0 bridgehead atoms. The van der Waals surface area contributed by atoms with Crippen LogP contribution in [0.25, 0.3) is 0 Å². The van der Waals surface area contributed by atoms with E-state index in [9.17, 15) is 0 Å². The van der Waals surface area contributed by atoms with Gasteiger partial charge < -0.3 is 10.6 Å². The summed E-state index contributed by atoms with van der Waals surface area (Å²) in [4.78, 5) is 5.57. The molecule has 0 aliphatic carbocycles. The third kappa shape index (κ3) is 3.85. The molecule has 0 spiro atoms. The fourth-order valence-electron chi connectivity index (χ4n) is 1.28. The van der Waals surface area contributed by atoms with E-state index in [2.05, 4.69) is 47.8 Å². The van der Waals surface area contributed by atoms with Crippen LogP contribution in [-0.4, -0.2) is 19.0 Å². The van der Waals surface area contributed by atoms with Crippen LogP contribution in [0.3, 0.4) is 0 Å². The van der Waals surface area contributed by atoms with E-state index >= 15 is 0 Å². The highest BCUT2D eigenvalue weighted by atomic mass is 32.1. The lowest BCUT2D eigenvalue weighted by atomic mass is 10.3. The highest BCUT2D eigenvalue weighted by Gasteiger charge is 2.04. The molecule has 1 aromatic rings. The summed E-state index contributed by atoms with van der Waals surface area (Å²) in [6.07, 6.45) is 1.10. The molecular formula is C12H21N3S. The number of hydrogen-bond donors (Lipinski definition) is 2. The van der Waals surface area contributed by atoms with Crippen molar-refractivity contribution in [3.63, 3.8) is 0 Å². The average molecular weight is 239 g/mol. The van der Waals surface area contributed by atoms with Crippen LogP contribution in [0.15, 0.2) is 16.4 Å². The van der Waals surface area contributed by atoms with Gasteiger partial charge in [0.25, 0.3) is 0 Å². The highest BCUT2D eigenvalue weighted by molar-refractivity contribution is 7.10. The third-order valence-electron chi connectivity index (χ3n) is 2.60. The number of thiophene rings is 1. The molecule has 1 atom stereocenters. The Morgan fingerprint density at radius 2 is 2.31 bits per heavy atom. The van der Waals surface area contributed by atoms with Crippen LogP contribution < -0.4 is 10.6 Å². The van der Waals surface area contributed by atoms with Gasteiger partial charge in [0.2, 0.25) is 0 Å². The third-order valence-corrected chi connectivity index (χ3v) is 3.63. The minimum absolute atomic E-state index is 0.454. The lowest BCUT2D eigenvalue weighted by molar-refractivity contribution is 0.624. The van der Waals surface area contributed by atoms with Gasteiger partial charge in [-0.3, -0.25) is 4.99 Å². The molecule has 0 saturated carbocycles. The number of nitrogens with zero attached hydrogens (tertiary/aromatic N) is 1. The fraction of sp³-hybridized carbons (Fsp3) is 0.583. The summed E-state index contributed by atoms with van der Waals surface area (Å²) in [7, 11) is 1.80. The average Bonchev–Trinajstić information content (AvgIpc) is 2.69. The molecule has 2 N–H and O–H groups in total. The molecule has 1 aromatic heterocycles.